The Kier molecular flexibility index (Phi) is 8.22. The number of alkyl halides is 6. The molecule has 226 valence electrons. The van der Waals surface area contributed by atoms with Gasteiger partial charge in [0.2, 0.25) is 5.91 Å². The zero-order valence-corrected chi connectivity index (χ0v) is 22.8. The monoisotopic (exact) mass is 597 g/mol. The van der Waals surface area contributed by atoms with Gasteiger partial charge in [0.25, 0.3) is 0 Å². The normalized spacial score (nSPS) is 17.9. The van der Waals surface area contributed by atoms with Gasteiger partial charge in [-0.05, 0) is 56.2 Å². The summed E-state index contributed by atoms with van der Waals surface area (Å²) >= 11 is 0. The van der Waals surface area contributed by atoms with E-state index in [1.54, 1.807) is 23.1 Å². The van der Waals surface area contributed by atoms with Crippen LogP contribution in [0.2, 0.25) is 0 Å². The number of hydrogen-bond acceptors (Lipinski definition) is 6. The van der Waals surface area contributed by atoms with E-state index in [2.05, 4.69) is 4.98 Å². The number of phenolic OH excluding ortho intramolecular Hbond substituents is 1. The molecule has 0 bridgehead atoms. The minimum Gasteiger partial charge on any atom is -0.507 e. The van der Waals surface area contributed by atoms with Crippen LogP contribution in [-0.4, -0.2) is 58.6 Å². The summed E-state index contributed by atoms with van der Waals surface area (Å²) in [6, 6.07) is 8.31. The number of aromatic nitrogens is 1. The number of aliphatic hydroxyl groups excluding tert-OH is 2. The zero-order valence-electron chi connectivity index (χ0n) is 22.8. The molecule has 7 nitrogen and oxygen atoms in total. The van der Waals surface area contributed by atoms with Crippen molar-refractivity contribution in [2.45, 2.75) is 50.2 Å². The number of phenols is 1. The molecule has 1 aliphatic rings. The number of carbonyl (C=O) groups excluding carboxylic acids is 1. The molecule has 42 heavy (non-hydrogen) atoms. The largest absolute Gasteiger partial charge is 0.507 e. The van der Waals surface area contributed by atoms with Gasteiger partial charge in [-0.25, -0.2) is 4.98 Å². The number of carbonyl (C=O) groups is 1. The number of halogens is 6. The number of rotatable bonds is 6. The molecule has 3 aromatic rings. The quantitative estimate of drug-likeness (QED) is 0.331. The predicted molar refractivity (Wildman–Crippen MR) is 143 cm³/mol. The van der Waals surface area contributed by atoms with Gasteiger partial charge in [0.15, 0.2) is 0 Å². The van der Waals surface area contributed by atoms with Crippen LogP contribution < -0.4 is 9.80 Å². The fraction of sp³-hybridized carbons (Fsp3) is 0.379. The standard InChI is InChI=1S/C29H29F6N3O4/c1-27(2,16-8-17(28(30,31)32)10-18(9-16)29(33,34)35)26(42)37(3)23-13-36-25(38-14-20(40)11-19(38)15-39)12-22(23)21-6-4-5-7-24(21)41/h4-10,12-13,19-20,39-41H,11,14-15H2,1-3H3/t19-,20+/m0/s1. The number of β-amino-alcohol motifs (C(OH)–C–C–N with tert-alkyl or cyclic N) is 1. The van der Waals surface area contributed by atoms with Gasteiger partial charge in [-0.15, -0.1) is 0 Å². The highest BCUT2D eigenvalue weighted by atomic mass is 19.4. The number of anilines is 2. The number of pyridine rings is 1. The Morgan fingerprint density at radius 3 is 2.10 bits per heavy atom. The van der Waals surface area contributed by atoms with Crippen LogP contribution in [0.1, 0.15) is 37.0 Å². The second-order valence-electron chi connectivity index (χ2n) is 10.7. The summed E-state index contributed by atoms with van der Waals surface area (Å²) in [6.45, 7) is 2.34. The average Bonchev–Trinajstić information content (AvgIpc) is 3.31. The first-order valence-electron chi connectivity index (χ1n) is 12.9. The summed E-state index contributed by atoms with van der Waals surface area (Å²) < 4.78 is 81.2. The topological polar surface area (TPSA) is 97.1 Å². The van der Waals surface area contributed by atoms with Crippen LogP contribution in [0.4, 0.5) is 37.8 Å². The molecule has 3 N–H and O–H groups in total. The molecule has 0 saturated carbocycles. The van der Waals surface area contributed by atoms with Gasteiger partial charge in [0.1, 0.15) is 11.6 Å². The molecule has 1 aromatic heterocycles. The minimum absolute atomic E-state index is 0.00163. The van der Waals surface area contributed by atoms with E-state index in [1.165, 1.54) is 39.2 Å². The minimum atomic E-state index is -5.09. The number of amides is 1. The Balaban J connectivity index is 1.82. The van der Waals surface area contributed by atoms with E-state index in [0.29, 0.717) is 18.0 Å². The Morgan fingerprint density at radius 1 is 0.976 bits per heavy atom. The van der Waals surface area contributed by atoms with Gasteiger partial charge in [0, 0.05) is 24.7 Å². The SMILES string of the molecule is CN(C(=O)C(C)(C)c1cc(C(F)(F)F)cc(C(F)(F)F)c1)c1cnc(N2C[C@H](O)C[C@H]2CO)cc1-c1ccccc1O. The maximum Gasteiger partial charge on any atom is 0.416 e. The fourth-order valence-corrected chi connectivity index (χ4v) is 5.09. The first-order valence-corrected chi connectivity index (χ1v) is 12.9. The lowest BCUT2D eigenvalue weighted by atomic mass is 9.81. The smallest absolute Gasteiger partial charge is 0.416 e. The van der Waals surface area contributed by atoms with Crippen LogP contribution in [0.5, 0.6) is 5.75 Å². The number of aliphatic hydroxyl groups is 2. The summed E-state index contributed by atoms with van der Waals surface area (Å²) in [5.74, 6) is -0.685. The lowest BCUT2D eigenvalue weighted by Gasteiger charge is -2.32. The fourth-order valence-electron chi connectivity index (χ4n) is 5.09. The van der Waals surface area contributed by atoms with Crippen molar-refractivity contribution in [3.63, 3.8) is 0 Å². The van der Waals surface area contributed by atoms with Gasteiger partial charge < -0.3 is 25.1 Å². The lowest BCUT2D eigenvalue weighted by Crippen LogP contribution is -2.42. The summed E-state index contributed by atoms with van der Waals surface area (Å²) in [6.07, 6.45) is -9.33. The number of aromatic hydroxyl groups is 1. The lowest BCUT2D eigenvalue weighted by molar-refractivity contribution is -0.143. The average molecular weight is 598 g/mol. The first kappa shape index (κ1) is 31.1. The van der Waals surface area contributed by atoms with E-state index in [4.69, 9.17) is 0 Å². The van der Waals surface area contributed by atoms with Gasteiger partial charge in [-0.1, -0.05) is 18.2 Å². The number of benzene rings is 2. The van der Waals surface area contributed by atoms with Crippen molar-refractivity contribution in [3.05, 3.63) is 71.4 Å². The van der Waals surface area contributed by atoms with Crippen LogP contribution >= 0.6 is 0 Å². The molecule has 0 unspecified atom stereocenters. The molecule has 13 heteroatoms. The van der Waals surface area contributed by atoms with Crippen molar-refractivity contribution >= 4 is 17.4 Å². The molecule has 0 spiro atoms. The third-order valence-corrected chi connectivity index (χ3v) is 7.47. The van der Waals surface area contributed by atoms with Gasteiger partial charge in [0.05, 0.1) is 47.2 Å². The molecule has 2 aromatic carbocycles. The van der Waals surface area contributed by atoms with E-state index < -0.39 is 52.5 Å². The van der Waals surface area contributed by atoms with Crippen molar-refractivity contribution in [1.29, 1.82) is 0 Å². The molecular weight excluding hydrogens is 568 g/mol. The Morgan fingerprint density at radius 2 is 1.55 bits per heavy atom. The van der Waals surface area contributed by atoms with E-state index in [1.807, 2.05) is 0 Å². The highest BCUT2D eigenvalue weighted by Crippen LogP contribution is 2.42. The van der Waals surface area contributed by atoms with Crippen molar-refractivity contribution < 1.29 is 46.5 Å². The van der Waals surface area contributed by atoms with E-state index in [-0.39, 0.29) is 48.2 Å². The molecule has 0 radical (unpaired) electrons. The van der Waals surface area contributed by atoms with E-state index in [9.17, 15) is 46.5 Å². The van der Waals surface area contributed by atoms with E-state index >= 15 is 0 Å². The van der Waals surface area contributed by atoms with Crippen LogP contribution in [0.15, 0.2) is 54.7 Å². The maximum absolute atomic E-state index is 13.8. The molecule has 2 heterocycles. The van der Waals surface area contributed by atoms with Crippen LogP contribution in [0.25, 0.3) is 11.1 Å². The highest BCUT2D eigenvalue weighted by Gasteiger charge is 2.41. The molecular formula is C29H29F6N3O4. The first-order chi connectivity index (χ1) is 19.4. The maximum atomic E-state index is 13.8. The summed E-state index contributed by atoms with van der Waals surface area (Å²) in [7, 11) is 1.30. The van der Waals surface area contributed by atoms with Gasteiger partial charge >= 0.3 is 12.4 Å². The highest BCUT2D eigenvalue weighted by molar-refractivity contribution is 6.03. The molecule has 1 fully saturated rings. The third-order valence-electron chi connectivity index (χ3n) is 7.47. The number of hydrogen-bond donors (Lipinski definition) is 3. The third kappa shape index (κ3) is 6.02. The van der Waals surface area contributed by atoms with Gasteiger partial charge in [-0.3, -0.25) is 4.79 Å². The molecule has 1 aliphatic heterocycles. The second-order valence-corrected chi connectivity index (χ2v) is 10.7. The van der Waals surface area contributed by atoms with Crippen molar-refractivity contribution in [2.24, 2.45) is 0 Å². The number of likely N-dealkylation sites (N-methyl/N-ethyl adjacent to an activating group) is 1. The molecule has 2 atom stereocenters. The Labute approximate surface area is 237 Å². The summed E-state index contributed by atoms with van der Waals surface area (Å²) in [4.78, 5) is 21.0. The zero-order chi connectivity index (χ0) is 31.2. The number of para-hydroxylation sites is 1. The molecule has 0 aliphatic carbocycles. The van der Waals surface area contributed by atoms with Crippen LogP contribution in [-0.2, 0) is 22.6 Å². The van der Waals surface area contributed by atoms with E-state index in [0.717, 1.165) is 4.90 Å². The van der Waals surface area contributed by atoms with Gasteiger partial charge in [-0.2, -0.15) is 26.3 Å². The number of nitrogens with zero attached hydrogens (tertiary/aromatic N) is 3. The molecule has 1 saturated heterocycles. The van der Waals surface area contributed by atoms with Crippen molar-refractivity contribution in [2.75, 3.05) is 30.0 Å². The second kappa shape index (κ2) is 11.1. The molecule has 4 rings (SSSR count). The summed E-state index contributed by atoms with van der Waals surface area (Å²) in [5, 5.41) is 30.5. The Hall–Kier alpha value is -3.84. The molecule has 1 amide bonds. The van der Waals surface area contributed by atoms with Crippen LogP contribution in [0.3, 0.4) is 0 Å². The van der Waals surface area contributed by atoms with Crippen LogP contribution in [0, 0.1) is 0 Å². The predicted octanol–water partition coefficient (Wildman–Crippen LogP) is 5.36. The Bertz CT molecular complexity index is 1440. The van der Waals surface area contributed by atoms with Crippen molar-refractivity contribution in [1.82, 2.24) is 4.98 Å². The summed E-state index contributed by atoms with van der Waals surface area (Å²) in [5.41, 5.74) is -4.78. The van der Waals surface area contributed by atoms with Crippen molar-refractivity contribution in [3.8, 4) is 16.9 Å².